The van der Waals surface area contributed by atoms with Crippen LogP contribution in [0.2, 0.25) is 0 Å². The van der Waals surface area contributed by atoms with Crippen LogP contribution in [-0.2, 0) is 6.42 Å². The normalized spacial score (nSPS) is 18.3. The molecule has 2 nitrogen and oxygen atoms in total. The first-order chi connectivity index (χ1) is 10.2. The van der Waals surface area contributed by atoms with Crippen molar-refractivity contribution in [3.8, 4) is 5.75 Å². The second kappa shape index (κ2) is 8.43. The van der Waals surface area contributed by atoms with E-state index in [9.17, 15) is 0 Å². The summed E-state index contributed by atoms with van der Waals surface area (Å²) in [5.74, 6) is 1.09. The highest BCUT2D eigenvalue weighted by atomic mass is 16.5. The third-order valence-electron chi connectivity index (χ3n) is 4.31. The van der Waals surface area contributed by atoms with Gasteiger partial charge in [-0.3, -0.25) is 0 Å². The Morgan fingerprint density at radius 3 is 2.81 bits per heavy atom. The molecular formula is C19H31NO. The van der Waals surface area contributed by atoms with Gasteiger partial charge in [-0.1, -0.05) is 51.7 Å². The number of benzene rings is 1. The van der Waals surface area contributed by atoms with Gasteiger partial charge >= 0.3 is 0 Å². The van der Waals surface area contributed by atoms with Crippen molar-refractivity contribution in [2.24, 2.45) is 0 Å². The second-order valence-corrected chi connectivity index (χ2v) is 6.36. The van der Waals surface area contributed by atoms with Gasteiger partial charge in [-0.05, 0) is 43.5 Å². The molecule has 1 aliphatic heterocycles. The van der Waals surface area contributed by atoms with Crippen LogP contribution in [0.25, 0.3) is 0 Å². The number of rotatable bonds is 9. The highest BCUT2D eigenvalue weighted by Crippen LogP contribution is 2.32. The number of ether oxygens (including phenoxy) is 1. The van der Waals surface area contributed by atoms with Crippen molar-refractivity contribution < 1.29 is 4.74 Å². The molecule has 1 N–H and O–H groups in total. The van der Waals surface area contributed by atoms with E-state index in [0.29, 0.717) is 12.1 Å². The van der Waals surface area contributed by atoms with Gasteiger partial charge in [-0.25, -0.2) is 0 Å². The first-order valence-electron chi connectivity index (χ1n) is 8.77. The molecule has 0 saturated heterocycles. The summed E-state index contributed by atoms with van der Waals surface area (Å²) in [4.78, 5) is 0. The Morgan fingerprint density at radius 1 is 1.19 bits per heavy atom. The molecule has 0 amide bonds. The Kier molecular flexibility index (Phi) is 6.56. The minimum atomic E-state index is 0.335. The summed E-state index contributed by atoms with van der Waals surface area (Å²) >= 11 is 0. The van der Waals surface area contributed by atoms with Gasteiger partial charge in [0.25, 0.3) is 0 Å². The van der Waals surface area contributed by atoms with Gasteiger partial charge in [0.05, 0.1) is 0 Å². The summed E-state index contributed by atoms with van der Waals surface area (Å²) in [5.41, 5.74) is 2.83. The Balaban J connectivity index is 2.00. The van der Waals surface area contributed by atoms with Gasteiger partial charge in [0.2, 0.25) is 0 Å². The monoisotopic (exact) mass is 289 g/mol. The maximum Gasteiger partial charge on any atom is 0.123 e. The van der Waals surface area contributed by atoms with Crippen LogP contribution in [0.5, 0.6) is 5.75 Å². The molecule has 1 aromatic rings. The van der Waals surface area contributed by atoms with Gasteiger partial charge in [0.1, 0.15) is 11.9 Å². The molecule has 1 heterocycles. The van der Waals surface area contributed by atoms with Gasteiger partial charge in [-0.2, -0.15) is 0 Å². The van der Waals surface area contributed by atoms with Crippen molar-refractivity contribution in [3.05, 3.63) is 29.3 Å². The zero-order valence-corrected chi connectivity index (χ0v) is 14.0. The van der Waals surface area contributed by atoms with Gasteiger partial charge in [0.15, 0.2) is 0 Å². The lowest BCUT2D eigenvalue weighted by Crippen LogP contribution is -2.22. The third-order valence-corrected chi connectivity index (χ3v) is 4.31. The van der Waals surface area contributed by atoms with Crippen LogP contribution in [0.1, 0.15) is 76.5 Å². The summed E-state index contributed by atoms with van der Waals surface area (Å²) in [6.07, 6.45) is 9.16. The molecule has 0 saturated carbocycles. The summed E-state index contributed by atoms with van der Waals surface area (Å²) in [7, 11) is 0. The summed E-state index contributed by atoms with van der Waals surface area (Å²) in [6.45, 7) is 7.76. The van der Waals surface area contributed by atoms with Crippen LogP contribution < -0.4 is 10.1 Å². The van der Waals surface area contributed by atoms with Crippen LogP contribution in [0, 0.1) is 0 Å². The zero-order chi connectivity index (χ0) is 15.1. The van der Waals surface area contributed by atoms with Crippen LogP contribution in [0.4, 0.5) is 0 Å². The van der Waals surface area contributed by atoms with Crippen LogP contribution in [0.3, 0.4) is 0 Å². The topological polar surface area (TPSA) is 21.3 Å². The fourth-order valence-corrected chi connectivity index (χ4v) is 3.14. The van der Waals surface area contributed by atoms with E-state index in [-0.39, 0.29) is 0 Å². The number of hydrogen-bond acceptors (Lipinski definition) is 2. The number of hydrogen-bond donors (Lipinski definition) is 1. The third kappa shape index (κ3) is 4.74. The second-order valence-electron chi connectivity index (χ2n) is 6.36. The Morgan fingerprint density at radius 2 is 2.05 bits per heavy atom. The summed E-state index contributed by atoms with van der Waals surface area (Å²) < 4.78 is 5.82. The fourth-order valence-electron chi connectivity index (χ4n) is 3.14. The van der Waals surface area contributed by atoms with Crippen LogP contribution in [0.15, 0.2) is 18.2 Å². The van der Waals surface area contributed by atoms with E-state index in [1.54, 1.807) is 0 Å². The highest BCUT2D eigenvalue weighted by molar-refractivity contribution is 5.41. The molecule has 0 fully saturated rings. The Hall–Kier alpha value is -1.02. The van der Waals surface area contributed by atoms with E-state index in [1.807, 2.05) is 0 Å². The number of fused-ring (bicyclic) bond motifs is 1. The molecular weight excluding hydrogens is 258 g/mol. The summed E-state index contributed by atoms with van der Waals surface area (Å²) in [6, 6.07) is 7.29. The van der Waals surface area contributed by atoms with Gasteiger partial charge in [-0.15, -0.1) is 0 Å². The standard InChI is InChI=1S/C19H31NO/c1-4-6-7-8-9-18(20-12-5-2)16-10-11-19-17(14-16)13-15(3)21-19/h10-11,14-15,18,20H,4-9,12-13H2,1-3H3. The molecule has 0 aliphatic carbocycles. The van der Waals surface area contributed by atoms with E-state index in [0.717, 1.165) is 18.7 Å². The zero-order valence-electron chi connectivity index (χ0n) is 14.0. The average Bonchev–Trinajstić information content (AvgIpc) is 2.85. The molecule has 1 aliphatic rings. The SMILES string of the molecule is CCCCCCC(NCCC)c1ccc2c(c1)CC(C)O2. The molecule has 0 radical (unpaired) electrons. The first kappa shape index (κ1) is 16.4. The molecule has 0 spiro atoms. The maximum absolute atomic E-state index is 5.82. The van der Waals surface area contributed by atoms with Gasteiger partial charge < -0.3 is 10.1 Å². The number of unbranched alkanes of at least 4 members (excludes halogenated alkanes) is 3. The molecule has 21 heavy (non-hydrogen) atoms. The van der Waals surface area contributed by atoms with Crippen LogP contribution in [-0.4, -0.2) is 12.6 Å². The minimum Gasteiger partial charge on any atom is -0.490 e. The van der Waals surface area contributed by atoms with Gasteiger partial charge in [0, 0.05) is 12.5 Å². The Bertz CT molecular complexity index is 430. The lowest BCUT2D eigenvalue weighted by molar-refractivity contribution is 0.254. The summed E-state index contributed by atoms with van der Waals surface area (Å²) in [5, 5.41) is 3.72. The van der Waals surface area contributed by atoms with Crippen molar-refractivity contribution in [2.45, 2.75) is 77.9 Å². The van der Waals surface area contributed by atoms with E-state index in [4.69, 9.17) is 4.74 Å². The Labute approximate surface area is 130 Å². The molecule has 2 unspecified atom stereocenters. The van der Waals surface area contributed by atoms with Crippen LogP contribution >= 0.6 is 0 Å². The van der Waals surface area contributed by atoms with Crippen molar-refractivity contribution in [1.29, 1.82) is 0 Å². The largest absolute Gasteiger partial charge is 0.490 e. The molecule has 1 aromatic carbocycles. The fraction of sp³-hybridized carbons (Fsp3) is 0.684. The lowest BCUT2D eigenvalue weighted by Gasteiger charge is -2.19. The van der Waals surface area contributed by atoms with Crippen molar-refractivity contribution >= 4 is 0 Å². The molecule has 2 heteroatoms. The predicted octanol–water partition coefficient (Wildman–Crippen LogP) is 5.02. The quantitative estimate of drug-likeness (QED) is 0.644. The molecule has 0 aromatic heterocycles. The lowest BCUT2D eigenvalue weighted by atomic mass is 9.97. The van der Waals surface area contributed by atoms with Crippen molar-refractivity contribution in [3.63, 3.8) is 0 Å². The van der Waals surface area contributed by atoms with E-state index in [2.05, 4.69) is 44.3 Å². The smallest absolute Gasteiger partial charge is 0.123 e. The van der Waals surface area contributed by atoms with E-state index in [1.165, 1.54) is 49.7 Å². The molecule has 118 valence electrons. The van der Waals surface area contributed by atoms with E-state index >= 15 is 0 Å². The number of nitrogens with one attached hydrogen (secondary N) is 1. The van der Waals surface area contributed by atoms with Crippen molar-refractivity contribution in [2.75, 3.05) is 6.54 Å². The minimum absolute atomic E-state index is 0.335. The highest BCUT2D eigenvalue weighted by Gasteiger charge is 2.20. The van der Waals surface area contributed by atoms with Crippen molar-refractivity contribution in [1.82, 2.24) is 5.32 Å². The predicted molar refractivity (Wildman–Crippen MR) is 90.0 cm³/mol. The van der Waals surface area contributed by atoms with E-state index < -0.39 is 0 Å². The maximum atomic E-state index is 5.82. The first-order valence-corrected chi connectivity index (χ1v) is 8.77. The average molecular weight is 289 g/mol. The molecule has 2 rings (SSSR count). The molecule has 2 atom stereocenters. The molecule has 0 bridgehead atoms.